The normalized spacial score (nSPS) is 10.0. The molecule has 2 N–H and O–H groups in total. The first-order valence-electron chi connectivity index (χ1n) is 7.00. The fraction of sp³-hybridized carbons (Fsp3) is 0.176. The predicted octanol–water partition coefficient (Wildman–Crippen LogP) is 3.85. The van der Waals surface area contributed by atoms with E-state index in [9.17, 15) is 4.79 Å². The standard InChI is InChI=1S/C17H17ClN2O2S/c1-11-7-12(2)9-13(8-11)19-17(23)20-16(21)10-22-15-6-4-3-5-14(15)18/h3-9H,10H2,1-2H3,(H2,19,20,21,23). The largest absolute Gasteiger partial charge is 0.482 e. The lowest BCUT2D eigenvalue weighted by molar-refractivity contribution is -0.121. The van der Waals surface area contributed by atoms with Crippen LogP contribution in [-0.4, -0.2) is 17.6 Å². The first-order chi connectivity index (χ1) is 10.9. The minimum atomic E-state index is -0.355. The third kappa shape index (κ3) is 5.54. The van der Waals surface area contributed by atoms with Crippen LogP contribution in [-0.2, 0) is 4.79 Å². The van der Waals surface area contributed by atoms with Gasteiger partial charge in [-0.3, -0.25) is 10.1 Å². The second-order valence-electron chi connectivity index (χ2n) is 5.10. The van der Waals surface area contributed by atoms with Crippen LogP contribution in [0.2, 0.25) is 5.02 Å². The first kappa shape index (κ1) is 17.2. The molecule has 0 bridgehead atoms. The van der Waals surface area contributed by atoms with E-state index in [1.807, 2.05) is 26.0 Å². The summed E-state index contributed by atoms with van der Waals surface area (Å²) in [7, 11) is 0. The molecule has 0 radical (unpaired) electrons. The van der Waals surface area contributed by atoms with E-state index in [2.05, 4.69) is 16.7 Å². The molecule has 4 nitrogen and oxygen atoms in total. The number of nitrogens with one attached hydrogen (secondary N) is 2. The molecule has 0 aromatic heterocycles. The highest BCUT2D eigenvalue weighted by Gasteiger charge is 2.08. The molecule has 0 atom stereocenters. The van der Waals surface area contributed by atoms with Gasteiger partial charge < -0.3 is 10.1 Å². The molecule has 0 aliphatic carbocycles. The summed E-state index contributed by atoms with van der Waals surface area (Å²) in [5.41, 5.74) is 3.06. The number of anilines is 1. The van der Waals surface area contributed by atoms with Crippen molar-refractivity contribution in [3.05, 3.63) is 58.6 Å². The molecule has 2 aromatic carbocycles. The summed E-state index contributed by atoms with van der Waals surface area (Å²) in [6.07, 6.45) is 0. The van der Waals surface area contributed by atoms with Crippen molar-refractivity contribution >= 4 is 40.5 Å². The number of para-hydroxylation sites is 1. The fourth-order valence-corrected chi connectivity index (χ4v) is 2.50. The molecule has 0 fully saturated rings. The molecular formula is C17H17ClN2O2S. The highest BCUT2D eigenvalue weighted by molar-refractivity contribution is 7.80. The van der Waals surface area contributed by atoms with Gasteiger partial charge in [-0.1, -0.05) is 29.8 Å². The molecule has 0 aliphatic heterocycles. The zero-order valence-corrected chi connectivity index (χ0v) is 14.4. The molecule has 0 aliphatic rings. The summed E-state index contributed by atoms with van der Waals surface area (Å²) in [5.74, 6) is 0.101. The van der Waals surface area contributed by atoms with Gasteiger partial charge in [0.05, 0.1) is 5.02 Å². The lowest BCUT2D eigenvalue weighted by Crippen LogP contribution is -2.37. The number of halogens is 1. The maximum atomic E-state index is 11.9. The molecule has 120 valence electrons. The van der Waals surface area contributed by atoms with Gasteiger partial charge in [0.25, 0.3) is 5.91 Å². The number of benzene rings is 2. The van der Waals surface area contributed by atoms with Crippen molar-refractivity contribution in [2.75, 3.05) is 11.9 Å². The van der Waals surface area contributed by atoms with Crippen molar-refractivity contribution in [2.45, 2.75) is 13.8 Å². The Morgan fingerprint density at radius 3 is 2.48 bits per heavy atom. The molecular weight excluding hydrogens is 332 g/mol. The summed E-state index contributed by atoms with van der Waals surface area (Å²) in [4.78, 5) is 11.9. The van der Waals surface area contributed by atoms with Crippen molar-refractivity contribution in [2.24, 2.45) is 0 Å². The van der Waals surface area contributed by atoms with Gasteiger partial charge in [0, 0.05) is 5.69 Å². The SMILES string of the molecule is Cc1cc(C)cc(NC(=S)NC(=O)COc2ccccc2Cl)c1. The molecule has 23 heavy (non-hydrogen) atoms. The summed E-state index contributed by atoms with van der Waals surface area (Å²) in [6, 6.07) is 12.9. The Hall–Kier alpha value is -2.11. The molecule has 2 aromatic rings. The lowest BCUT2D eigenvalue weighted by atomic mass is 10.1. The number of carbonyl (C=O) groups excluding carboxylic acids is 1. The van der Waals surface area contributed by atoms with Gasteiger partial charge in [-0.05, 0) is 61.5 Å². The Labute approximate surface area is 145 Å². The quantitative estimate of drug-likeness (QED) is 0.824. The molecule has 0 heterocycles. The summed E-state index contributed by atoms with van der Waals surface area (Å²) in [5, 5.41) is 6.23. The minimum Gasteiger partial charge on any atom is -0.482 e. The third-order valence-electron chi connectivity index (χ3n) is 2.93. The van der Waals surface area contributed by atoms with E-state index in [4.69, 9.17) is 28.6 Å². The van der Waals surface area contributed by atoms with E-state index in [1.54, 1.807) is 24.3 Å². The van der Waals surface area contributed by atoms with Crippen molar-refractivity contribution in [1.82, 2.24) is 5.32 Å². The number of aryl methyl sites for hydroxylation is 2. The van der Waals surface area contributed by atoms with E-state index >= 15 is 0 Å². The Kier molecular flexibility index (Phi) is 5.96. The fourth-order valence-electron chi connectivity index (χ4n) is 2.08. The Morgan fingerprint density at radius 1 is 1.17 bits per heavy atom. The average molecular weight is 349 g/mol. The number of carbonyl (C=O) groups is 1. The second kappa shape index (κ2) is 7.94. The highest BCUT2D eigenvalue weighted by Crippen LogP contribution is 2.22. The monoisotopic (exact) mass is 348 g/mol. The van der Waals surface area contributed by atoms with Gasteiger partial charge in [-0.15, -0.1) is 0 Å². The summed E-state index contributed by atoms with van der Waals surface area (Å²) >= 11 is 11.1. The van der Waals surface area contributed by atoms with Gasteiger partial charge in [0.1, 0.15) is 5.75 Å². The zero-order chi connectivity index (χ0) is 16.8. The van der Waals surface area contributed by atoms with Crippen LogP contribution in [0.25, 0.3) is 0 Å². The molecule has 0 saturated carbocycles. The van der Waals surface area contributed by atoms with Crippen LogP contribution < -0.4 is 15.4 Å². The van der Waals surface area contributed by atoms with Crippen LogP contribution in [0.5, 0.6) is 5.75 Å². The zero-order valence-electron chi connectivity index (χ0n) is 12.9. The van der Waals surface area contributed by atoms with E-state index < -0.39 is 0 Å². The lowest BCUT2D eigenvalue weighted by Gasteiger charge is -2.12. The van der Waals surface area contributed by atoms with E-state index in [-0.39, 0.29) is 17.6 Å². The van der Waals surface area contributed by atoms with Gasteiger partial charge >= 0.3 is 0 Å². The van der Waals surface area contributed by atoms with Crippen LogP contribution >= 0.6 is 23.8 Å². The van der Waals surface area contributed by atoms with Crippen molar-refractivity contribution in [3.8, 4) is 5.75 Å². The van der Waals surface area contributed by atoms with Crippen LogP contribution in [0.3, 0.4) is 0 Å². The van der Waals surface area contributed by atoms with Crippen LogP contribution in [0.1, 0.15) is 11.1 Å². The van der Waals surface area contributed by atoms with E-state index in [0.717, 1.165) is 16.8 Å². The van der Waals surface area contributed by atoms with Crippen molar-refractivity contribution in [3.63, 3.8) is 0 Å². The first-order valence-corrected chi connectivity index (χ1v) is 7.79. The number of thiocarbonyl (C=S) groups is 1. The van der Waals surface area contributed by atoms with E-state index in [0.29, 0.717) is 10.8 Å². The minimum absolute atomic E-state index is 0.168. The Bertz CT molecular complexity index is 714. The number of hydrogen-bond donors (Lipinski definition) is 2. The van der Waals surface area contributed by atoms with Gasteiger partial charge in [-0.25, -0.2) is 0 Å². The smallest absolute Gasteiger partial charge is 0.264 e. The van der Waals surface area contributed by atoms with Gasteiger partial charge in [-0.2, -0.15) is 0 Å². The third-order valence-corrected chi connectivity index (χ3v) is 3.44. The Morgan fingerprint density at radius 2 is 1.83 bits per heavy atom. The maximum Gasteiger partial charge on any atom is 0.264 e. The van der Waals surface area contributed by atoms with Crippen LogP contribution in [0, 0.1) is 13.8 Å². The molecule has 0 saturated heterocycles. The number of hydrogen-bond acceptors (Lipinski definition) is 3. The van der Waals surface area contributed by atoms with Crippen molar-refractivity contribution < 1.29 is 9.53 Å². The molecule has 6 heteroatoms. The average Bonchev–Trinajstić information content (AvgIpc) is 2.45. The summed E-state index contributed by atoms with van der Waals surface area (Å²) in [6.45, 7) is 3.83. The topological polar surface area (TPSA) is 50.4 Å². The molecule has 1 amide bonds. The number of rotatable bonds is 4. The maximum absolute atomic E-state index is 11.9. The molecule has 0 unspecified atom stereocenters. The number of amides is 1. The van der Waals surface area contributed by atoms with Crippen LogP contribution in [0.15, 0.2) is 42.5 Å². The van der Waals surface area contributed by atoms with Crippen LogP contribution in [0.4, 0.5) is 5.69 Å². The highest BCUT2D eigenvalue weighted by atomic mass is 35.5. The van der Waals surface area contributed by atoms with Gasteiger partial charge in [0.2, 0.25) is 0 Å². The van der Waals surface area contributed by atoms with Gasteiger partial charge in [0.15, 0.2) is 11.7 Å². The predicted molar refractivity (Wildman–Crippen MR) is 97.2 cm³/mol. The summed E-state index contributed by atoms with van der Waals surface area (Å²) < 4.78 is 5.36. The molecule has 2 rings (SSSR count). The molecule has 0 spiro atoms. The number of ether oxygens (including phenoxy) is 1. The van der Waals surface area contributed by atoms with E-state index in [1.165, 1.54) is 0 Å². The Balaban J connectivity index is 1.85. The van der Waals surface area contributed by atoms with Crippen molar-refractivity contribution in [1.29, 1.82) is 0 Å². The second-order valence-corrected chi connectivity index (χ2v) is 5.91.